The number of para-hydroxylation sites is 1. The monoisotopic (exact) mass is 243 g/mol. The first-order valence-electron chi connectivity index (χ1n) is 5.23. The molecule has 1 aromatic heterocycles. The van der Waals surface area contributed by atoms with Gasteiger partial charge in [-0.05, 0) is 34.5 Å². The summed E-state index contributed by atoms with van der Waals surface area (Å²) in [4.78, 5) is 25.2. The predicted molar refractivity (Wildman–Crippen MR) is 66.3 cm³/mol. The molecule has 1 aliphatic heterocycles. The number of hydrogen-bond acceptors (Lipinski definition) is 3. The molecule has 0 N–H and O–H groups in total. The van der Waals surface area contributed by atoms with Gasteiger partial charge in [-0.25, -0.2) is 0 Å². The summed E-state index contributed by atoms with van der Waals surface area (Å²) in [6.07, 6.45) is 0. The number of nitrogens with zero attached hydrogens (tertiary/aromatic N) is 1. The van der Waals surface area contributed by atoms with Crippen LogP contribution in [0.25, 0.3) is 0 Å². The van der Waals surface area contributed by atoms with Crippen LogP contribution in [0, 0.1) is 0 Å². The van der Waals surface area contributed by atoms with Crippen molar-refractivity contribution in [1.29, 1.82) is 0 Å². The quantitative estimate of drug-likeness (QED) is 0.760. The molecule has 0 unspecified atom stereocenters. The van der Waals surface area contributed by atoms with Gasteiger partial charge in [-0.15, -0.1) is 0 Å². The Balaban J connectivity index is 2.01. The molecule has 3 nitrogen and oxygen atoms in total. The molecule has 0 bridgehead atoms. The van der Waals surface area contributed by atoms with E-state index in [1.807, 2.05) is 29.0 Å². The molecule has 4 heteroatoms. The molecule has 84 valence electrons. The number of ketones is 1. The number of Topliss-reactive ketones (excluding diaryl/α,β-unsaturated/α-hetero) is 1. The lowest BCUT2D eigenvalue weighted by atomic mass is 10.1. The third kappa shape index (κ3) is 1.57. The zero-order chi connectivity index (χ0) is 11.8. The fourth-order valence-corrected chi connectivity index (χ4v) is 2.63. The van der Waals surface area contributed by atoms with Crippen LogP contribution in [0.3, 0.4) is 0 Å². The van der Waals surface area contributed by atoms with Crippen LogP contribution in [0.15, 0.2) is 41.1 Å². The van der Waals surface area contributed by atoms with Crippen LogP contribution in [-0.4, -0.2) is 11.7 Å². The molecule has 0 radical (unpaired) electrons. The molecule has 0 saturated heterocycles. The van der Waals surface area contributed by atoms with Crippen LogP contribution in [0.2, 0.25) is 0 Å². The number of carbonyl (C=O) groups excluding carboxylic acids is 2. The molecule has 0 fully saturated rings. The number of amides is 1. The maximum atomic E-state index is 11.9. The van der Waals surface area contributed by atoms with Crippen LogP contribution in [0.4, 0.5) is 5.69 Å². The zero-order valence-electron chi connectivity index (χ0n) is 8.92. The molecule has 0 spiro atoms. The maximum Gasteiger partial charge on any atom is 0.299 e. The van der Waals surface area contributed by atoms with Gasteiger partial charge in [0, 0.05) is 0 Å². The third-order valence-corrected chi connectivity index (χ3v) is 3.53. The molecule has 1 aliphatic rings. The summed E-state index contributed by atoms with van der Waals surface area (Å²) >= 11 is 1.58. The normalized spacial score (nSPS) is 14.2. The van der Waals surface area contributed by atoms with E-state index in [1.165, 1.54) is 0 Å². The first kappa shape index (κ1) is 10.2. The highest BCUT2D eigenvalue weighted by Gasteiger charge is 2.35. The lowest BCUT2D eigenvalue weighted by Crippen LogP contribution is -2.28. The van der Waals surface area contributed by atoms with E-state index < -0.39 is 11.7 Å². The highest BCUT2D eigenvalue weighted by Crippen LogP contribution is 2.30. The second kappa shape index (κ2) is 3.82. The average Bonchev–Trinajstić information content (AvgIpc) is 2.94. The van der Waals surface area contributed by atoms with Gasteiger partial charge < -0.3 is 4.90 Å². The van der Waals surface area contributed by atoms with Crippen molar-refractivity contribution in [2.75, 3.05) is 4.90 Å². The van der Waals surface area contributed by atoms with E-state index in [2.05, 4.69) is 0 Å². The zero-order valence-corrected chi connectivity index (χ0v) is 9.74. The van der Waals surface area contributed by atoms with Gasteiger partial charge in [0.25, 0.3) is 11.7 Å². The van der Waals surface area contributed by atoms with Crippen LogP contribution in [0.5, 0.6) is 0 Å². The highest BCUT2D eigenvalue weighted by atomic mass is 32.1. The van der Waals surface area contributed by atoms with E-state index >= 15 is 0 Å². The van der Waals surface area contributed by atoms with Crippen molar-refractivity contribution < 1.29 is 9.59 Å². The molecular formula is C13H9NO2S. The van der Waals surface area contributed by atoms with Gasteiger partial charge >= 0.3 is 0 Å². The Morgan fingerprint density at radius 3 is 2.71 bits per heavy atom. The molecule has 17 heavy (non-hydrogen) atoms. The average molecular weight is 243 g/mol. The number of carbonyl (C=O) groups is 2. The fraction of sp³-hybridized carbons (Fsp3) is 0.0769. The number of anilines is 1. The Bertz CT molecular complexity index is 589. The molecular weight excluding hydrogens is 234 g/mol. The molecule has 3 rings (SSSR count). The highest BCUT2D eigenvalue weighted by molar-refractivity contribution is 7.07. The van der Waals surface area contributed by atoms with E-state index in [0.717, 1.165) is 5.56 Å². The first-order chi connectivity index (χ1) is 8.27. The van der Waals surface area contributed by atoms with Crippen molar-refractivity contribution in [2.24, 2.45) is 0 Å². The number of fused-ring (bicyclic) bond motifs is 1. The van der Waals surface area contributed by atoms with Crippen LogP contribution in [-0.2, 0) is 11.3 Å². The minimum atomic E-state index is -0.433. The molecule has 1 aromatic carbocycles. The summed E-state index contributed by atoms with van der Waals surface area (Å²) in [6, 6.07) is 9.08. The molecule has 1 amide bonds. The molecule has 0 aliphatic carbocycles. The fourth-order valence-electron chi connectivity index (χ4n) is 1.97. The van der Waals surface area contributed by atoms with Crippen molar-refractivity contribution in [3.63, 3.8) is 0 Å². The van der Waals surface area contributed by atoms with E-state index in [-0.39, 0.29) is 0 Å². The Kier molecular flexibility index (Phi) is 2.30. The predicted octanol–water partition coefficient (Wildman–Crippen LogP) is 2.48. The molecule has 0 saturated carbocycles. The summed E-state index contributed by atoms with van der Waals surface area (Å²) in [7, 11) is 0. The van der Waals surface area contributed by atoms with Crippen molar-refractivity contribution in [3.8, 4) is 0 Å². The second-order valence-electron chi connectivity index (χ2n) is 3.87. The second-order valence-corrected chi connectivity index (χ2v) is 4.65. The summed E-state index contributed by atoms with van der Waals surface area (Å²) in [5.41, 5.74) is 2.27. The van der Waals surface area contributed by atoms with Crippen molar-refractivity contribution in [3.05, 3.63) is 52.2 Å². The van der Waals surface area contributed by atoms with Gasteiger partial charge in [-0.1, -0.05) is 12.1 Å². The summed E-state index contributed by atoms with van der Waals surface area (Å²) < 4.78 is 0. The van der Waals surface area contributed by atoms with E-state index in [4.69, 9.17) is 0 Å². The topological polar surface area (TPSA) is 37.4 Å². The maximum absolute atomic E-state index is 11.9. The van der Waals surface area contributed by atoms with Gasteiger partial charge in [0.2, 0.25) is 0 Å². The Morgan fingerprint density at radius 2 is 1.94 bits per heavy atom. The lowest BCUT2D eigenvalue weighted by molar-refractivity contribution is -0.114. The summed E-state index contributed by atoms with van der Waals surface area (Å²) in [5, 5.41) is 3.95. The summed E-state index contributed by atoms with van der Waals surface area (Å²) in [5.74, 6) is -0.840. The third-order valence-electron chi connectivity index (χ3n) is 2.80. The van der Waals surface area contributed by atoms with Crippen LogP contribution < -0.4 is 4.90 Å². The van der Waals surface area contributed by atoms with E-state index in [0.29, 0.717) is 17.8 Å². The Hall–Kier alpha value is -1.94. The number of benzene rings is 1. The largest absolute Gasteiger partial charge is 0.300 e. The van der Waals surface area contributed by atoms with Gasteiger partial charge in [0.05, 0.1) is 17.8 Å². The standard InChI is InChI=1S/C13H9NO2S/c15-12-10-3-1-2-4-11(10)14(13(12)16)7-9-5-6-17-8-9/h1-6,8H,7H2. The van der Waals surface area contributed by atoms with Gasteiger partial charge in [0.1, 0.15) is 0 Å². The number of thiophene rings is 1. The van der Waals surface area contributed by atoms with Crippen LogP contribution in [0.1, 0.15) is 15.9 Å². The van der Waals surface area contributed by atoms with E-state index in [9.17, 15) is 9.59 Å². The minimum Gasteiger partial charge on any atom is -0.300 e. The van der Waals surface area contributed by atoms with Gasteiger partial charge in [0.15, 0.2) is 0 Å². The SMILES string of the molecule is O=C1C(=O)N(Cc2ccsc2)c2ccccc21. The summed E-state index contributed by atoms with van der Waals surface area (Å²) in [6.45, 7) is 0.463. The van der Waals surface area contributed by atoms with Crippen molar-refractivity contribution >= 4 is 28.7 Å². The smallest absolute Gasteiger partial charge is 0.299 e. The van der Waals surface area contributed by atoms with Gasteiger partial charge in [-0.3, -0.25) is 9.59 Å². The Morgan fingerprint density at radius 1 is 1.12 bits per heavy atom. The lowest BCUT2D eigenvalue weighted by Gasteiger charge is -2.15. The first-order valence-corrected chi connectivity index (χ1v) is 6.18. The van der Waals surface area contributed by atoms with Crippen molar-refractivity contribution in [2.45, 2.75) is 6.54 Å². The molecule has 2 heterocycles. The van der Waals surface area contributed by atoms with Crippen LogP contribution >= 0.6 is 11.3 Å². The minimum absolute atomic E-state index is 0.407. The number of hydrogen-bond donors (Lipinski definition) is 0. The molecule has 2 aromatic rings. The number of rotatable bonds is 2. The molecule has 0 atom stereocenters. The Labute approximate surface area is 102 Å². The van der Waals surface area contributed by atoms with Crippen molar-refractivity contribution in [1.82, 2.24) is 0 Å². The van der Waals surface area contributed by atoms with Gasteiger partial charge in [-0.2, -0.15) is 11.3 Å². The van der Waals surface area contributed by atoms with E-state index in [1.54, 1.807) is 28.4 Å².